The first-order chi connectivity index (χ1) is 5.33. The zero-order valence-electron chi connectivity index (χ0n) is 8.08. The van der Waals surface area contributed by atoms with Gasteiger partial charge in [-0.15, -0.1) is 0 Å². The summed E-state index contributed by atoms with van der Waals surface area (Å²) in [7, 11) is 0. The summed E-state index contributed by atoms with van der Waals surface area (Å²) in [6.45, 7) is 7.89. The molecule has 0 amide bonds. The molecule has 0 rings (SSSR count). The van der Waals surface area contributed by atoms with Gasteiger partial charge in [0.05, 0.1) is 13.2 Å². The highest BCUT2D eigenvalue weighted by molar-refractivity contribution is 4.98. The van der Waals surface area contributed by atoms with Crippen molar-refractivity contribution in [2.75, 3.05) is 13.2 Å². The number of hydrogen-bond donors (Lipinski definition) is 0. The van der Waals surface area contributed by atoms with E-state index in [1.165, 1.54) is 6.92 Å². The Labute approximate surface area is 72.4 Å². The SMILES string of the molecule is CC(COCC(C)(C)C)=C(F)F. The number of rotatable bonds is 3. The van der Waals surface area contributed by atoms with E-state index < -0.39 is 6.08 Å². The van der Waals surface area contributed by atoms with Crippen molar-refractivity contribution >= 4 is 0 Å². The van der Waals surface area contributed by atoms with Crippen molar-refractivity contribution < 1.29 is 13.5 Å². The van der Waals surface area contributed by atoms with Gasteiger partial charge in [-0.25, -0.2) is 0 Å². The summed E-state index contributed by atoms with van der Waals surface area (Å²) in [5.74, 6) is 0. The molecular weight excluding hydrogens is 162 g/mol. The van der Waals surface area contributed by atoms with Crippen molar-refractivity contribution in [3.63, 3.8) is 0 Å². The standard InChI is InChI=1S/C9H16F2O/c1-7(8(10)11)5-12-6-9(2,3)4/h5-6H2,1-4H3. The smallest absolute Gasteiger partial charge is 0.271 e. The van der Waals surface area contributed by atoms with Crippen LogP contribution in [0.5, 0.6) is 0 Å². The Hall–Kier alpha value is -0.440. The summed E-state index contributed by atoms with van der Waals surface area (Å²) in [6, 6.07) is 0. The highest BCUT2D eigenvalue weighted by Crippen LogP contribution is 2.14. The van der Waals surface area contributed by atoms with Crippen LogP contribution in [-0.2, 0) is 4.74 Å². The van der Waals surface area contributed by atoms with Crippen LogP contribution in [0.4, 0.5) is 8.78 Å². The molecule has 3 heteroatoms. The van der Waals surface area contributed by atoms with E-state index in [0.717, 1.165) is 0 Å². The summed E-state index contributed by atoms with van der Waals surface area (Å²) in [4.78, 5) is 0. The van der Waals surface area contributed by atoms with Gasteiger partial charge >= 0.3 is 0 Å². The van der Waals surface area contributed by atoms with Crippen LogP contribution in [0.1, 0.15) is 27.7 Å². The molecule has 0 heterocycles. The van der Waals surface area contributed by atoms with Crippen LogP contribution < -0.4 is 0 Å². The topological polar surface area (TPSA) is 9.23 Å². The summed E-state index contributed by atoms with van der Waals surface area (Å²) >= 11 is 0. The highest BCUT2D eigenvalue weighted by atomic mass is 19.3. The van der Waals surface area contributed by atoms with Crippen molar-refractivity contribution in [2.45, 2.75) is 27.7 Å². The van der Waals surface area contributed by atoms with Crippen LogP contribution in [0.2, 0.25) is 0 Å². The molecule has 0 saturated heterocycles. The van der Waals surface area contributed by atoms with Crippen molar-refractivity contribution in [3.8, 4) is 0 Å². The molecule has 0 aromatic carbocycles. The lowest BCUT2D eigenvalue weighted by Gasteiger charge is -2.17. The molecule has 0 aliphatic heterocycles. The monoisotopic (exact) mass is 178 g/mol. The number of ether oxygens (including phenoxy) is 1. The molecule has 1 nitrogen and oxygen atoms in total. The molecule has 0 unspecified atom stereocenters. The largest absolute Gasteiger partial charge is 0.376 e. The first-order valence-electron chi connectivity index (χ1n) is 3.91. The van der Waals surface area contributed by atoms with Crippen LogP contribution in [0.25, 0.3) is 0 Å². The van der Waals surface area contributed by atoms with E-state index in [4.69, 9.17) is 4.74 Å². The maximum Gasteiger partial charge on any atom is 0.271 e. The molecule has 0 radical (unpaired) electrons. The Kier molecular flexibility index (Phi) is 4.39. The van der Waals surface area contributed by atoms with Crippen molar-refractivity contribution in [3.05, 3.63) is 11.7 Å². The molecule has 12 heavy (non-hydrogen) atoms. The fourth-order valence-corrected chi connectivity index (χ4v) is 0.565. The van der Waals surface area contributed by atoms with Gasteiger partial charge in [-0.2, -0.15) is 8.78 Å². The Bertz CT molecular complexity index is 164. The first-order valence-corrected chi connectivity index (χ1v) is 3.91. The minimum Gasteiger partial charge on any atom is -0.376 e. The maximum atomic E-state index is 11.8. The Morgan fingerprint density at radius 3 is 2.08 bits per heavy atom. The fourth-order valence-electron chi connectivity index (χ4n) is 0.565. The molecule has 0 aliphatic carbocycles. The van der Waals surface area contributed by atoms with Gasteiger partial charge in [0.15, 0.2) is 0 Å². The number of hydrogen-bond acceptors (Lipinski definition) is 1. The molecule has 0 aliphatic rings. The lowest BCUT2D eigenvalue weighted by Crippen LogP contribution is -2.15. The molecule has 72 valence electrons. The third-order valence-corrected chi connectivity index (χ3v) is 1.18. The van der Waals surface area contributed by atoms with Crippen LogP contribution in [-0.4, -0.2) is 13.2 Å². The van der Waals surface area contributed by atoms with E-state index >= 15 is 0 Å². The van der Waals surface area contributed by atoms with E-state index in [9.17, 15) is 8.78 Å². The quantitative estimate of drug-likeness (QED) is 0.644. The van der Waals surface area contributed by atoms with Gasteiger partial charge in [0.25, 0.3) is 6.08 Å². The second-order valence-corrected chi connectivity index (χ2v) is 4.09. The molecule has 0 aromatic heterocycles. The molecule has 0 fully saturated rings. The Morgan fingerprint density at radius 1 is 1.25 bits per heavy atom. The highest BCUT2D eigenvalue weighted by Gasteiger charge is 2.10. The minimum absolute atomic E-state index is 0.0132. The van der Waals surface area contributed by atoms with E-state index in [2.05, 4.69) is 0 Å². The van der Waals surface area contributed by atoms with Gasteiger partial charge in [0.2, 0.25) is 0 Å². The predicted octanol–water partition coefficient (Wildman–Crippen LogP) is 3.22. The van der Waals surface area contributed by atoms with Crippen molar-refractivity contribution in [2.24, 2.45) is 5.41 Å². The molecule has 0 atom stereocenters. The fraction of sp³-hybridized carbons (Fsp3) is 0.778. The lowest BCUT2D eigenvalue weighted by atomic mass is 9.99. The van der Waals surface area contributed by atoms with Gasteiger partial charge in [-0.1, -0.05) is 20.8 Å². The van der Waals surface area contributed by atoms with E-state index in [1.54, 1.807) is 0 Å². The summed E-state index contributed by atoms with van der Waals surface area (Å²) < 4.78 is 28.8. The third-order valence-electron chi connectivity index (χ3n) is 1.18. The van der Waals surface area contributed by atoms with Gasteiger partial charge in [-0.3, -0.25) is 0 Å². The van der Waals surface area contributed by atoms with Crippen LogP contribution >= 0.6 is 0 Å². The maximum absolute atomic E-state index is 11.8. The normalized spacial score (nSPS) is 11.5. The summed E-state index contributed by atoms with van der Waals surface area (Å²) in [5, 5.41) is 0. The van der Waals surface area contributed by atoms with Crippen molar-refractivity contribution in [1.29, 1.82) is 0 Å². The van der Waals surface area contributed by atoms with Gasteiger partial charge in [-0.05, 0) is 12.3 Å². The number of halogens is 2. The second kappa shape index (κ2) is 4.55. The van der Waals surface area contributed by atoms with E-state index in [-0.39, 0.29) is 17.6 Å². The van der Waals surface area contributed by atoms with Gasteiger partial charge in [0.1, 0.15) is 0 Å². The average Bonchev–Trinajstić information content (AvgIpc) is 1.84. The predicted molar refractivity (Wildman–Crippen MR) is 45.2 cm³/mol. The van der Waals surface area contributed by atoms with Gasteiger partial charge in [0, 0.05) is 5.57 Å². The summed E-state index contributed by atoms with van der Waals surface area (Å²) in [6.07, 6.45) is -1.64. The van der Waals surface area contributed by atoms with Crippen LogP contribution in [0.3, 0.4) is 0 Å². The zero-order valence-corrected chi connectivity index (χ0v) is 8.08. The second-order valence-electron chi connectivity index (χ2n) is 4.09. The van der Waals surface area contributed by atoms with E-state index in [0.29, 0.717) is 6.61 Å². The Balaban J connectivity index is 3.66. The third kappa shape index (κ3) is 6.28. The Morgan fingerprint density at radius 2 is 1.75 bits per heavy atom. The molecule has 0 bridgehead atoms. The molecular formula is C9H16F2O. The summed E-state index contributed by atoms with van der Waals surface area (Å²) in [5.41, 5.74) is 0.0480. The molecule has 0 aromatic rings. The molecule has 0 saturated carbocycles. The average molecular weight is 178 g/mol. The molecule has 0 spiro atoms. The zero-order chi connectivity index (χ0) is 9.78. The minimum atomic E-state index is -1.64. The van der Waals surface area contributed by atoms with Crippen molar-refractivity contribution in [1.82, 2.24) is 0 Å². The van der Waals surface area contributed by atoms with Gasteiger partial charge < -0.3 is 4.74 Å². The lowest BCUT2D eigenvalue weighted by molar-refractivity contribution is 0.0845. The van der Waals surface area contributed by atoms with Crippen LogP contribution in [0.15, 0.2) is 11.7 Å². The molecule has 0 N–H and O–H groups in total. The van der Waals surface area contributed by atoms with E-state index in [1.807, 2.05) is 20.8 Å². The first kappa shape index (κ1) is 11.6. The van der Waals surface area contributed by atoms with Crippen LogP contribution in [0, 0.1) is 5.41 Å².